The fraction of sp³-hybridized carbons (Fsp3) is 0.294. The number of hydrogen-bond donors (Lipinski definition) is 0. The summed E-state index contributed by atoms with van der Waals surface area (Å²) in [5.74, 6) is 2.61. The van der Waals surface area contributed by atoms with Crippen LogP contribution in [0.15, 0.2) is 48.5 Å². The fourth-order valence-corrected chi connectivity index (χ4v) is 2.29. The normalized spacial score (nSPS) is 15.2. The summed E-state index contributed by atoms with van der Waals surface area (Å²) in [6.07, 6.45) is 4.07. The van der Waals surface area contributed by atoms with Gasteiger partial charge < -0.3 is 4.74 Å². The van der Waals surface area contributed by atoms with Gasteiger partial charge in [-0.1, -0.05) is 36.2 Å². The molecule has 3 rings (SSSR count). The molecule has 1 aliphatic carbocycles. The van der Waals surface area contributed by atoms with Crippen molar-refractivity contribution in [3.05, 3.63) is 59.7 Å². The summed E-state index contributed by atoms with van der Waals surface area (Å²) in [4.78, 5) is 0. The van der Waals surface area contributed by atoms with Gasteiger partial charge >= 0.3 is 0 Å². The predicted molar refractivity (Wildman–Crippen MR) is 74.3 cm³/mol. The molecule has 18 heavy (non-hydrogen) atoms. The maximum Gasteiger partial charge on any atom is 0.127 e. The van der Waals surface area contributed by atoms with Crippen LogP contribution in [0.25, 0.3) is 0 Å². The van der Waals surface area contributed by atoms with E-state index in [4.69, 9.17) is 4.74 Å². The molecular formula is C17H18O. The number of benzene rings is 2. The van der Waals surface area contributed by atoms with Crippen LogP contribution < -0.4 is 4.74 Å². The van der Waals surface area contributed by atoms with E-state index in [1.807, 2.05) is 12.1 Å². The second-order valence-electron chi connectivity index (χ2n) is 5.11. The molecule has 1 fully saturated rings. The van der Waals surface area contributed by atoms with Gasteiger partial charge in [0.05, 0.1) is 0 Å². The molecule has 1 heteroatoms. The summed E-state index contributed by atoms with van der Waals surface area (Å²) in [5, 5.41) is 0. The predicted octanol–water partition coefficient (Wildman–Crippen LogP) is 5.05. The smallest absolute Gasteiger partial charge is 0.127 e. The van der Waals surface area contributed by atoms with Crippen LogP contribution in [0.4, 0.5) is 0 Å². The number of aryl methyl sites for hydroxylation is 1. The van der Waals surface area contributed by atoms with Crippen molar-refractivity contribution in [2.45, 2.75) is 32.1 Å². The fourth-order valence-electron chi connectivity index (χ4n) is 2.29. The molecule has 1 aliphatic rings. The van der Waals surface area contributed by atoms with E-state index in [0.29, 0.717) is 0 Å². The maximum atomic E-state index is 5.82. The van der Waals surface area contributed by atoms with Crippen molar-refractivity contribution in [1.82, 2.24) is 0 Å². The van der Waals surface area contributed by atoms with Crippen LogP contribution in [0.1, 0.15) is 36.3 Å². The Hall–Kier alpha value is -1.76. The third-order valence-electron chi connectivity index (χ3n) is 3.71. The first-order valence-corrected chi connectivity index (χ1v) is 6.66. The molecule has 0 N–H and O–H groups in total. The van der Waals surface area contributed by atoms with Gasteiger partial charge in [0, 0.05) is 0 Å². The first kappa shape index (κ1) is 11.3. The molecule has 0 aliphatic heterocycles. The topological polar surface area (TPSA) is 9.23 Å². The first-order chi connectivity index (χ1) is 8.81. The van der Waals surface area contributed by atoms with Crippen molar-refractivity contribution in [3.63, 3.8) is 0 Å². The van der Waals surface area contributed by atoms with E-state index >= 15 is 0 Å². The molecular weight excluding hydrogens is 220 g/mol. The van der Waals surface area contributed by atoms with Crippen molar-refractivity contribution < 1.29 is 4.74 Å². The van der Waals surface area contributed by atoms with Crippen LogP contribution >= 0.6 is 0 Å². The van der Waals surface area contributed by atoms with E-state index in [9.17, 15) is 0 Å². The van der Waals surface area contributed by atoms with Crippen LogP contribution in [0.2, 0.25) is 0 Å². The number of hydrogen-bond acceptors (Lipinski definition) is 1. The summed E-state index contributed by atoms with van der Waals surface area (Å²) in [6.45, 7) is 2.08. The minimum absolute atomic E-state index is 0.790. The summed E-state index contributed by atoms with van der Waals surface area (Å²) >= 11 is 0. The highest BCUT2D eigenvalue weighted by atomic mass is 16.5. The summed E-state index contributed by atoms with van der Waals surface area (Å²) < 4.78 is 5.82. The Kier molecular flexibility index (Phi) is 3.06. The van der Waals surface area contributed by atoms with Gasteiger partial charge in [-0.25, -0.2) is 0 Å². The van der Waals surface area contributed by atoms with E-state index in [-0.39, 0.29) is 0 Å². The minimum Gasteiger partial charge on any atom is -0.457 e. The standard InChI is InChI=1S/C17H18O/c1-13-5-9-16(10-6-13)18-17-11-7-15(8-12-17)14-3-2-4-14/h5-12,14H,2-4H2,1H3. The van der Waals surface area contributed by atoms with Gasteiger partial charge in [0.1, 0.15) is 11.5 Å². The van der Waals surface area contributed by atoms with Crippen LogP contribution in [0.3, 0.4) is 0 Å². The lowest BCUT2D eigenvalue weighted by Gasteiger charge is -2.25. The van der Waals surface area contributed by atoms with Crippen LogP contribution in [0, 0.1) is 6.92 Å². The van der Waals surface area contributed by atoms with Gasteiger partial charge in [-0.05, 0) is 55.5 Å². The highest BCUT2D eigenvalue weighted by Crippen LogP contribution is 2.37. The first-order valence-electron chi connectivity index (χ1n) is 6.66. The van der Waals surface area contributed by atoms with Gasteiger partial charge in [-0.15, -0.1) is 0 Å². The average molecular weight is 238 g/mol. The van der Waals surface area contributed by atoms with Crippen molar-refractivity contribution in [2.24, 2.45) is 0 Å². The summed E-state index contributed by atoms with van der Waals surface area (Å²) in [7, 11) is 0. The maximum absolute atomic E-state index is 5.82. The SMILES string of the molecule is Cc1ccc(Oc2ccc(C3CCC3)cc2)cc1. The molecule has 1 saturated carbocycles. The Bertz CT molecular complexity index is 506. The largest absolute Gasteiger partial charge is 0.457 e. The molecule has 0 atom stereocenters. The molecule has 0 saturated heterocycles. The summed E-state index contributed by atoms with van der Waals surface area (Å²) in [6, 6.07) is 16.7. The van der Waals surface area contributed by atoms with Gasteiger partial charge in [0.25, 0.3) is 0 Å². The molecule has 2 aromatic carbocycles. The van der Waals surface area contributed by atoms with E-state index in [0.717, 1.165) is 17.4 Å². The Labute approximate surface area is 108 Å². The van der Waals surface area contributed by atoms with Crippen LogP contribution in [-0.4, -0.2) is 0 Å². The highest BCUT2D eigenvalue weighted by molar-refractivity contribution is 5.35. The average Bonchev–Trinajstić information content (AvgIpc) is 2.32. The van der Waals surface area contributed by atoms with E-state index in [1.165, 1.54) is 30.4 Å². The second-order valence-corrected chi connectivity index (χ2v) is 5.11. The van der Waals surface area contributed by atoms with E-state index in [2.05, 4.69) is 43.3 Å². The van der Waals surface area contributed by atoms with Gasteiger partial charge in [0.2, 0.25) is 0 Å². The molecule has 0 amide bonds. The number of ether oxygens (including phenoxy) is 1. The molecule has 0 unspecified atom stereocenters. The molecule has 0 radical (unpaired) electrons. The molecule has 1 nitrogen and oxygen atoms in total. The lowest BCUT2D eigenvalue weighted by Crippen LogP contribution is -2.08. The zero-order valence-corrected chi connectivity index (χ0v) is 10.7. The van der Waals surface area contributed by atoms with Crippen LogP contribution in [-0.2, 0) is 0 Å². The minimum atomic E-state index is 0.790. The molecule has 2 aromatic rings. The van der Waals surface area contributed by atoms with Crippen LogP contribution in [0.5, 0.6) is 11.5 Å². The quantitative estimate of drug-likeness (QED) is 0.726. The Morgan fingerprint density at radius 2 is 1.39 bits per heavy atom. The van der Waals surface area contributed by atoms with Crippen molar-refractivity contribution >= 4 is 0 Å². The van der Waals surface area contributed by atoms with Gasteiger partial charge in [0.15, 0.2) is 0 Å². The van der Waals surface area contributed by atoms with Crippen molar-refractivity contribution in [2.75, 3.05) is 0 Å². The van der Waals surface area contributed by atoms with Crippen molar-refractivity contribution in [3.8, 4) is 11.5 Å². The second kappa shape index (κ2) is 4.85. The van der Waals surface area contributed by atoms with Crippen molar-refractivity contribution in [1.29, 1.82) is 0 Å². The van der Waals surface area contributed by atoms with Gasteiger partial charge in [-0.3, -0.25) is 0 Å². The molecule has 92 valence electrons. The summed E-state index contributed by atoms with van der Waals surface area (Å²) in [5.41, 5.74) is 2.71. The third kappa shape index (κ3) is 2.40. The third-order valence-corrected chi connectivity index (χ3v) is 3.71. The van der Waals surface area contributed by atoms with Gasteiger partial charge in [-0.2, -0.15) is 0 Å². The highest BCUT2D eigenvalue weighted by Gasteiger charge is 2.18. The van der Waals surface area contributed by atoms with E-state index < -0.39 is 0 Å². The molecule has 0 aromatic heterocycles. The molecule has 0 spiro atoms. The lowest BCUT2D eigenvalue weighted by molar-refractivity contribution is 0.419. The molecule has 0 bridgehead atoms. The Balaban J connectivity index is 1.70. The zero-order chi connectivity index (χ0) is 12.4. The number of rotatable bonds is 3. The zero-order valence-electron chi connectivity index (χ0n) is 10.7. The Morgan fingerprint density at radius 3 is 1.89 bits per heavy atom. The Morgan fingerprint density at radius 1 is 0.833 bits per heavy atom. The van der Waals surface area contributed by atoms with E-state index in [1.54, 1.807) is 0 Å². The lowest BCUT2D eigenvalue weighted by atomic mass is 9.80. The monoisotopic (exact) mass is 238 g/mol. The molecule has 0 heterocycles.